The van der Waals surface area contributed by atoms with Crippen LogP contribution in [0.4, 0.5) is 11.4 Å². The molecule has 0 saturated carbocycles. The molecule has 6 nitrogen and oxygen atoms in total. The summed E-state index contributed by atoms with van der Waals surface area (Å²) in [5, 5.41) is 19.0. The van der Waals surface area contributed by atoms with Gasteiger partial charge >= 0.3 is 5.97 Å². The zero-order valence-electron chi connectivity index (χ0n) is 9.51. The highest BCUT2D eigenvalue weighted by Gasteiger charge is 2.07. The van der Waals surface area contributed by atoms with E-state index < -0.39 is 12.1 Å². The molecule has 1 unspecified atom stereocenters. The van der Waals surface area contributed by atoms with Crippen LogP contribution in [0.1, 0.15) is 6.92 Å². The minimum absolute atomic E-state index is 0.733. The fraction of sp³-hybridized carbons (Fsp3) is 0.364. The highest BCUT2D eigenvalue weighted by molar-refractivity contribution is 5.71. The van der Waals surface area contributed by atoms with Gasteiger partial charge in [0, 0.05) is 12.2 Å². The van der Waals surface area contributed by atoms with Gasteiger partial charge in [-0.05, 0) is 25.1 Å². The molecule has 0 amide bonds. The Hall–Kier alpha value is -1.95. The van der Waals surface area contributed by atoms with Gasteiger partial charge in [-0.15, -0.1) is 0 Å². The van der Waals surface area contributed by atoms with E-state index in [2.05, 4.69) is 5.32 Å². The number of carboxylic acids is 1. The Bertz CT molecular complexity index is 393. The monoisotopic (exact) mass is 240 g/mol. The minimum atomic E-state index is -1.23. The van der Waals surface area contributed by atoms with Gasteiger partial charge in [0.05, 0.1) is 5.69 Å². The van der Waals surface area contributed by atoms with E-state index in [0.29, 0.717) is 0 Å². The highest BCUT2D eigenvalue weighted by atomic mass is 16.5. The van der Waals surface area contributed by atoms with Crippen molar-refractivity contribution in [2.24, 2.45) is 0 Å². The maximum atomic E-state index is 9.45. The average Bonchev–Trinajstić information content (AvgIpc) is 2.29. The summed E-state index contributed by atoms with van der Waals surface area (Å²) in [6.07, 6.45) is -1.23. The van der Waals surface area contributed by atoms with E-state index in [9.17, 15) is 4.79 Å². The van der Waals surface area contributed by atoms with Crippen molar-refractivity contribution in [3.05, 3.63) is 18.2 Å². The summed E-state index contributed by atoms with van der Waals surface area (Å²) >= 11 is 0. The van der Waals surface area contributed by atoms with Gasteiger partial charge in [0.25, 0.3) is 0 Å². The molecule has 1 aromatic rings. The van der Waals surface area contributed by atoms with E-state index in [1.807, 2.05) is 18.2 Å². The summed E-state index contributed by atoms with van der Waals surface area (Å²) in [6, 6.07) is 5.61. The number of fused-ring (bicyclic) bond motifs is 1. The lowest BCUT2D eigenvalue weighted by molar-refractivity contribution is -0.145. The van der Waals surface area contributed by atoms with Crippen LogP contribution in [0.2, 0.25) is 0 Å². The molecule has 0 radical (unpaired) electrons. The zero-order valence-corrected chi connectivity index (χ0v) is 9.51. The number of ether oxygens (including phenoxy) is 1. The van der Waals surface area contributed by atoms with E-state index in [1.54, 1.807) is 0 Å². The molecule has 0 spiro atoms. The smallest absolute Gasteiger partial charge is 0.332 e. The molecule has 17 heavy (non-hydrogen) atoms. The molecular formula is C11H16N2O4. The van der Waals surface area contributed by atoms with Gasteiger partial charge in [-0.1, -0.05) is 0 Å². The zero-order chi connectivity index (χ0) is 12.8. The van der Waals surface area contributed by atoms with Crippen LogP contribution in [0.5, 0.6) is 5.75 Å². The maximum absolute atomic E-state index is 9.45. The molecule has 0 aliphatic carbocycles. The maximum Gasteiger partial charge on any atom is 0.332 e. The second-order valence-electron chi connectivity index (χ2n) is 3.55. The number of hydrogen-bond donors (Lipinski definition) is 4. The van der Waals surface area contributed by atoms with Gasteiger partial charge in [0.15, 0.2) is 0 Å². The van der Waals surface area contributed by atoms with Gasteiger partial charge in [-0.3, -0.25) is 0 Å². The molecule has 1 atom stereocenters. The second-order valence-corrected chi connectivity index (χ2v) is 3.55. The first kappa shape index (κ1) is 13.1. The molecule has 5 N–H and O–H groups in total. The average molecular weight is 240 g/mol. The Balaban J connectivity index is 0.000000209. The number of carboxylic acid groups (broad SMARTS) is 1. The summed E-state index contributed by atoms with van der Waals surface area (Å²) in [7, 11) is 0. The lowest BCUT2D eigenvalue weighted by Gasteiger charge is -2.18. The Morgan fingerprint density at radius 1 is 1.59 bits per heavy atom. The van der Waals surface area contributed by atoms with Crippen molar-refractivity contribution < 1.29 is 19.7 Å². The first-order valence-corrected chi connectivity index (χ1v) is 5.18. The molecule has 1 aromatic carbocycles. The summed E-state index contributed by atoms with van der Waals surface area (Å²) in [5.74, 6) is -0.291. The number of rotatable bonds is 1. The van der Waals surface area contributed by atoms with Gasteiger partial charge in [-0.25, -0.2) is 4.79 Å². The molecule has 1 aliphatic heterocycles. The third kappa shape index (κ3) is 4.20. The molecular weight excluding hydrogens is 224 g/mol. The first-order valence-electron chi connectivity index (χ1n) is 5.18. The summed E-state index contributed by atoms with van der Waals surface area (Å²) in [6.45, 7) is 2.79. The number of carbonyl (C=O) groups is 1. The van der Waals surface area contributed by atoms with Crippen molar-refractivity contribution in [3.8, 4) is 5.75 Å². The van der Waals surface area contributed by atoms with Crippen LogP contribution in [0.3, 0.4) is 0 Å². The van der Waals surface area contributed by atoms with Crippen LogP contribution in [-0.4, -0.2) is 35.4 Å². The molecule has 1 aliphatic rings. The SMILES string of the molecule is CC(O)C(=O)O.Nc1ccc2c(c1)NCCO2. The van der Waals surface area contributed by atoms with E-state index in [-0.39, 0.29) is 0 Å². The predicted octanol–water partition coefficient (Wildman–Crippen LogP) is 0.525. The third-order valence-corrected chi connectivity index (χ3v) is 2.04. The number of anilines is 2. The van der Waals surface area contributed by atoms with Crippen molar-refractivity contribution in [1.29, 1.82) is 0 Å². The van der Waals surface area contributed by atoms with Crippen LogP contribution in [0.25, 0.3) is 0 Å². The van der Waals surface area contributed by atoms with E-state index in [0.717, 1.165) is 30.3 Å². The van der Waals surface area contributed by atoms with Crippen molar-refractivity contribution in [3.63, 3.8) is 0 Å². The minimum Gasteiger partial charge on any atom is -0.490 e. The number of nitrogens with one attached hydrogen (secondary N) is 1. The lowest BCUT2D eigenvalue weighted by Crippen LogP contribution is -2.17. The molecule has 2 rings (SSSR count). The Morgan fingerprint density at radius 3 is 2.82 bits per heavy atom. The van der Waals surface area contributed by atoms with Crippen molar-refractivity contribution >= 4 is 17.3 Å². The Morgan fingerprint density at radius 2 is 2.24 bits per heavy atom. The van der Waals surface area contributed by atoms with Gasteiger partial charge in [0.1, 0.15) is 18.5 Å². The predicted molar refractivity (Wildman–Crippen MR) is 64.2 cm³/mol. The van der Waals surface area contributed by atoms with Crippen molar-refractivity contribution in [1.82, 2.24) is 0 Å². The second kappa shape index (κ2) is 5.95. The summed E-state index contributed by atoms with van der Waals surface area (Å²) in [5.41, 5.74) is 7.35. The fourth-order valence-electron chi connectivity index (χ4n) is 1.16. The molecule has 0 aromatic heterocycles. The Kier molecular flexibility index (Phi) is 4.59. The van der Waals surface area contributed by atoms with Crippen LogP contribution >= 0.6 is 0 Å². The number of hydrogen-bond acceptors (Lipinski definition) is 5. The van der Waals surface area contributed by atoms with E-state index >= 15 is 0 Å². The van der Waals surface area contributed by atoms with Gasteiger partial charge < -0.3 is 26.0 Å². The number of benzene rings is 1. The highest BCUT2D eigenvalue weighted by Crippen LogP contribution is 2.28. The number of aliphatic carboxylic acids is 1. The van der Waals surface area contributed by atoms with Crippen LogP contribution in [0, 0.1) is 0 Å². The summed E-state index contributed by atoms with van der Waals surface area (Å²) < 4.78 is 5.36. The largest absolute Gasteiger partial charge is 0.490 e. The van der Waals surface area contributed by atoms with Crippen molar-refractivity contribution in [2.75, 3.05) is 24.2 Å². The molecule has 0 fully saturated rings. The van der Waals surface area contributed by atoms with Gasteiger partial charge in [0.2, 0.25) is 0 Å². The molecule has 1 heterocycles. The van der Waals surface area contributed by atoms with E-state index in [1.165, 1.54) is 6.92 Å². The van der Waals surface area contributed by atoms with Crippen LogP contribution in [-0.2, 0) is 4.79 Å². The van der Waals surface area contributed by atoms with Gasteiger partial charge in [-0.2, -0.15) is 0 Å². The van der Waals surface area contributed by atoms with Crippen molar-refractivity contribution in [2.45, 2.75) is 13.0 Å². The number of aliphatic hydroxyl groups excluding tert-OH is 1. The van der Waals surface area contributed by atoms with Crippen LogP contribution < -0.4 is 15.8 Å². The molecule has 0 bridgehead atoms. The number of nitrogens with two attached hydrogens (primary N) is 1. The fourth-order valence-corrected chi connectivity index (χ4v) is 1.16. The summed E-state index contributed by atoms with van der Waals surface area (Å²) in [4.78, 5) is 9.45. The molecule has 0 saturated heterocycles. The third-order valence-electron chi connectivity index (χ3n) is 2.04. The van der Waals surface area contributed by atoms with E-state index in [4.69, 9.17) is 20.7 Å². The number of aliphatic hydroxyl groups is 1. The standard InChI is InChI=1S/C8H10N2O.C3H6O3/c9-6-1-2-8-7(5-6)10-3-4-11-8;1-2(4)3(5)6/h1-2,5,10H,3-4,9H2;2,4H,1H3,(H,5,6). The van der Waals surface area contributed by atoms with Crippen LogP contribution in [0.15, 0.2) is 18.2 Å². The molecule has 6 heteroatoms. The topological polar surface area (TPSA) is 105 Å². The number of nitrogen functional groups attached to an aromatic ring is 1. The first-order chi connectivity index (χ1) is 8.00. The quantitative estimate of drug-likeness (QED) is 0.533. The normalized spacial score (nSPS) is 14.2. The Labute approximate surface area is 99.0 Å². The lowest BCUT2D eigenvalue weighted by atomic mass is 10.2. The molecule has 94 valence electrons.